The molecule has 1 atom stereocenters. The van der Waals surface area contributed by atoms with Gasteiger partial charge in [0.15, 0.2) is 0 Å². The predicted molar refractivity (Wildman–Crippen MR) is 69.2 cm³/mol. The molecule has 1 heterocycles. The molecule has 0 aromatic heterocycles. The second-order valence-corrected chi connectivity index (χ2v) is 4.91. The van der Waals surface area contributed by atoms with Gasteiger partial charge in [-0.2, -0.15) is 0 Å². The molecule has 1 aliphatic rings. The third kappa shape index (κ3) is 3.02. The minimum Gasteiger partial charge on any atom is -0.480 e. The molecule has 19 heavy (non-hydrogen) atoms. The number of carbonyl (C=O) groups is 1. The van der Waals surface area contributed by atoms with Gasteiger partial charge in [-0.05, 0) is 31.0 Å². The zero-order valence-corrected chi connectivity index (χ0v) is 10.8. The van der Waals surface area contributed by atoms with Crippen molar-refractivity contribution in [3.8, 4) is 0 Å². The molecule has 1 N–H and O–H groups in total. The van der Waals surface area contributed by atoms with Gasteiger partial charge in [-0.1, -0.05) is 11.6 Å². The normalized spacial score (nSPS) is 19.5. The van der Waals surface area contributed by atoms with Crippen molar-refractivity contribution in [2.75, 3.05) is 6.54 Å². The number of nitro benzene ring substituents is 1. The first-order valence-corrected chi connectivity index (χ1v) is 6.26. The lowest BCUT2D eigenvalue weighted by Gasteiger charge is -2.21. The number of likely N-dealkylation sites (tertiary alicyclic amines) is 1. The Bertz CT molecular complexity index is 520. The summed E-state index contributed by atoms with van der Waals surface area (Å²) in [5.41, 5.74) is 0.550. The van der Waals surface area contributed by atoms with Gasteiger partial charge in [0, 0.05) is 23.7 Å². The molecule has 1 aromatic carbocycles. The van der Waals surface area contributed by atoms with Gasteiger partial charge >= 0.3 is 5.97 Å². The highest BCUT2D eigenvalue weighted by Crippen LogP contribution is 2.26. The number of halogens is 1. The summed E-state index contributed by atoms with van der Waals surface area (Å²) in [5, 5.41) is 20.2. The molecule has 0 bridgehead atoms. The maximum Gasteiger partial charge on any atom is 0.320 e. The molecule has 0 saturated carbocycles. The van der Waals surface area contributed by atoms with E-state index in [0.29, 0.717) is 30.1 Å². The highest BCUT2D eigenvalue weighted by molar-refractivity contribution is 6.31. The first kappa shape index (κ1) is 13.8. The number of nitro groups is 1. The van der Waals surface area contributed by atoms with E-state index < -0.39 is 16.9 Å². The predicted octanol–water partition coefficient (Wildman–Crippen LogP) is 2.30. The van der Waals surface area contributed by atoms with Crippen molar-refractivity contribution < 1.29 is 14.8 Å². The molecule has 0 unspecified atom stereocenters. The van der Waals surface area contributed by atoms with E-state index in [9.17, 15) is 14.9 Å². The van der Waals surface area contributed by atoms with Gasteiger partial charge in [-0.3, -0.25) is 19.8 Å². The van der Waals surface area contributed by atoms with Crippen molar-refractivity contribution in [3.63, 3.8) is 0 Å². The molecule has 2 rings (SSSR count). The largest absolute Gasteiger partial charge is 0.480 e. The van der Waals surface area contributed by atoms with Crippen LogP contribution in [0.25, 0.3) is 0 Å². The maximum absolute atomic E-state index is 11.1. The van der Waals surface area contributed by atoms with Crippen LogP contribution in [-0.2, 0) is 11.3 Å². The zero-order valence-electron chi connectivity index (χ0n) is 10.1. The number of hydrogen-bond donors (Lipinski definition) is 1. The molecule has 102 valence electrons. The Morgan fingerprint density at radius 2 is 2.32 bits per heavy atom. The van der Waals surface area contributed by atoms with E-state index in [1.54, 1.807) is 4.90 Å². The van der Waals surface area contributed by atoms with Crippen LogP contribution in [0.4, 0.5) is 5.69 Å². The van der Waals surface area contributed by atoms with Crippen LogP contribution >= 0.6 is 11.6 Å². The van der Waals surface area contributed by atoms with Crippen molar-refractivity contribution in [1.29, 1.82) is 0 Å². The summed E-state index contributed by atoms with van der Waals surface area (Å²) in [4.78, 5) is 23.1. The molecule has 6 nitrogen and oxygen atoms in total. The first-order valence-electron chi connectivity index (χ1n) is 5.88. The number of carboxylic acids is 1. The van der Waals surface area contributed by atoms with E-state index in [4.69, 9.17) is 16.7 Å². The number of rotatable bonds is 4. The summed E-state index contributed by atoms with van der Waals surface area (Å²) in [6, 6.07) is 3.68. The van der Waals surface area contributed by atoms with Gasteiger partial charge in [0.2, 0.25) is 0 Å². The molecule has 7 heteroatoms. The van der Waals surface area contributed by atoms with Gasteiger partial charge in [0.25, 0.3) is 5.69 Å². The molecule has 1 aliphatic heterocycles. The third-order valence-electron chi connectivity index (χ3n) is 3.26. The van der Waals surface area contributed by atoms with Crippen LogP contribution in [0.3, 0.4) is 0 Å². The second kappa shape index (κ2) is 5.54. The maximum atomic E-state index is 11.1. The highest BCUT2D eigenvalue weighted by atomic mass is 35.5. The topological polar surface area (TPSA) is 83.7 Å². The average Bonchev–Trinajstić information content (AvgIpc) is 2.80. The fourth-order valence-corrected chi connectivity index (χ4v) is 2.49. The second-order valence-electron chi connectivity index (χ2n) is 4.50. The number of carboxylic acid groups (broad SMARTS) is 1. The summed E-state index contributed by atoms with van der Waals surface area (Å²) in [6.45, 7) is 0.980. The molecule has 1 fully saturated rings. The number of aliphatic carboxylic acids is 1. The van der Waals surface area contributed by atoms with Crippen molar-refractivity contribution in [3.05, 3.63) is 38.9 Å². The van der Waals surface area contributed by atoms with Gasteiger partial charge in [-0.15, -0.1) is 0 Å². The van der Waals surface area contributed by atoms with Crippen molar-refractivity contribution in [2.45, 2.75) is 25.4 Å². The summed E-state index contributed by atoms with van der Waals surface area (Å²) >= 11 is 6.01. The lowest BCUT2D eigenvalue weighted by molar-refractivity contribution is -0.384. The minimum atomic E-state index is -0.862. The van der Waals surface area contributed by atoms with E-state index in [1.165, 1.54) is 18.2 Å². The molecule has 0 amide bonds. The molecule has 1 aromatic rings. The lowest BCUT2D eigenvalue weighted by Crippen LogP contribution is -2.35. The Hall–Kier alpha value is -1.66. The Balaban J connectivity index is 2.20. The van der Waals surface area contributed by atoms with Crippen LogP contribution in [0.1, 0.15) is 18.4 Å². The quantitative estimate of drug-likeness (QED) is 0.677. The number of non-ortho nitro benzene ring substituents is 1. The fourth-order valence-electron chi connectivity index (χ4n) is 2.31. The third-order valence-corrected chi connectivity index (χ3v) is 3.63. The molecule has 0 radical (unpaired) electrons. The Morgan fingerprint density at radius 3 is 2.95 bits per heavy atom. The molecule has 0 spiro atoms. The zero-order chi connectivity index (χ0) is 14.0. The van der Waals surface area contributed by atoms with Crippen LogP contribution in [0.15, 0.2) is 18.2 Å². The molecular weight excluding hydrogens is 272 g/mol. The Morgan fingerprint density at radius 1 is 1.58 bits per heavy atom. The van der Waals surface area contributed by atoms with Crippen molar-refractivity contribution in [1.82, 2.24) is 4.90 Å². The van der Waals surface area contributed by atoms with Gasteiger partial charge in [0.1, 0.15) is 6.04 Å². The van der Waals surface area contributed by atoms with Gasteiger partial charge < -0.3 is 5.11 Å². The van der Waals surface area contributed by atoms with E-state index >= 15 is 0 Å². The minimum absolute atomic E-state index is 0.0366. The monoisotopic (exact) mass is 284 g/mol. The van der Waals surface area contributed by atoms with E-state index in [1.807, 2.05) is 0 Å². The standard InChI is InChI=1S/C12H13ClN2O4/c13-10-4-3-9(15(18)19)6-8(10)7-14-5-1-2-11(14)12(16)17/h3-4,6,11H,1-2,5,7H2,(H,16,17)/t11-/m1/s1. The Kier molecular flexibility index (Phi) is 4.01. The van der Waals surface area contributed by atoms with Crippen molar-refractivity contribution >= 4 is 23.3 Å². The summed E-state index contributed by atoms with van der Waals surface area (Å²) in [5.74, 6) is -0.862. The van der Waals surface area contributed by atoms with Gasteiger partial charge in [-0.25, -0.2) is 0 Å². The van der Waals surface area contributed by atoms with Crippen LogP contribution in [0.2, 0.25) is 5.02 Å². The smallest absolute Gasteiger partial charge is 0.320 e. The van der Waals surface area contributed by atoms with Gasteiger partial charge in [0.05, 0.1) is 4.92 Å². The van der Waals surface area contributed by atoms with E-state index in [-0.39, 0.29) is 5.69 Å². The summed E-state index contributed by atoms with van der Waals surface area (Å²) < 4.78 is 0. The van der Waals surface area contributed by atoms with Crippen LogP contribution in [0.5, 0.6) is 0 Å². The average molecular weight is 285 g/mol. The molecule has 1 saturated heterocycles. The number of benzene rings is 1. The van der Waals surface area contributed by atoms with E-state index in [0.717, 1.165) is 6.42 Å². The summed E-state index contributed by atoms with van der Waals surface area (Å²) in [6.07, 6.45) is 1.41. The summed E-state index contributed by atoms with van der Waals surface area (Å²) in [7, 11) is 0. The first-order chi connectivity index (χ1) is 8.99. The SMILES string of the molecule is O=C(O)[C@H]1CCCN1Cc1cc([N+](=O)[O-])ccc1Cl. The lowest BCUT2D eigenvalue weighted by atomic mass is 10.1. The fraction of sp³-hybridized carbons (Fsp3) is 0.417. The van der Waals surface area contributed by atoms with Crippen LogP contribution in [0, 0.1) is 10.1 Å². The number of hydrogen-bond acceptors (Lipinski definition) is 4. The highest BCUT2D eigenvalue weighted by Gasteiger charge is 2.30. The molecular formula is C12H13ClN2O4. The Labute approximate surface area is 114 Å². The van der Waals surface area contributed by atoms with Crippen LogP contribution in [-0.4, -0.2) is 33.5 Å². The van der Waals surface area contributed by atoms with Crippen molar-refractivity contribution in [2.24, 2.45) is 0 Å². The van der Waals surface area contributed by atoms with Crippen LogP contribution < -0.4 is 0 Å². The van der Waals surface area contributed by atoms with E-state index in [2.05, 4.69) is 0 Å². The number of nitrogens with zero attached hydrogens (tertiary/aromatic N) is 2. The molecule has 0 aliphatic carbocycles.